The second-order valence-electron chi connectivity index (χ2n) is 4.27. The maximum absolute atomic E-state index is 12.0. The molecule has 4 heteroatoms. The average molecular weight is 267 g/mol. The van der Waals surface area contributed by atoms with Crippen molar-refractivity contribution in [2.45, 2.75) is 0 Å². The maximum Gasteiger partial charge on any atom is 0.424 e. The van der Waals surface area contributed by atoms with Crippen molar-refractivity contribution in [2.24, 2.45) is 0 Å². The van der Waals surface area contributed by atoms with Crippen molar-refractivity contribution in [2.75, 3.05) is 7.11 Å². The van der Waals surface area contributed by atoms with E-state index in [1.165, 1.54) is 4.57 Å². The molecular weight excluding hydrogens is 254 g/mol. The van der Waals surface area contributed by atoms with Crippen LogP contribution in [0.15, 0.2) is 70.0 Å². The molecule has 0 saturated heterocycles. The number of hydrogen-bond donors (Lipinski definition) is 0. The number of oxazole rings is 1. The topological polar surface area (TPSA) is 44.4 Å². The van der Waals surface area contributed by atoms with Crippen LogP contribution < -0.4 is 10.5 Å². The molecule has 1 heterocycles. The highest BCUT2D eigenvalue weighted by Gasteiger charge is 2.12. The van der Waals surface area contributed by atoms with Gasteiger partial charge in [-0.25, -0.2) is 9.36 Å². The summed E-state index contributed by atoms with van der Waals surface area (Å²) in [5.74, 6) is 0.731. The lowest BCUT2D eigenvalue weighted by molar-refractivity contribution is 0.414. The van der Waals surface area contributed by atoms with E-state index in [0.717, 1.165) is 11.3 Å². The molecule has 0 aliphatic carbocycles. The number of nitrogens with zero attached hydrogens (tertiary/aromatic N) is 1. The predicted octanol–water partition coefficient (Wildman–Crippen LogP) is 3.11. The average Bonchev–Trinajstić information content (AvgIpc) is 2.90. The van der Waals surface area contributed by atoms with Gasteiger partial charge in [0, 0.05) is 0 Å². The van der Waals surface area contributed by atoms with Crippen molar-refractivity contribution >= 4 is 0 Å². The second kappa shape index (κ2) is 5.09. The molecule has 0 amide bonds. The Bertz CT molecular complexity index is 772. The van der Waals surface area contributed by atoms with E-state index in [1.54, 1.807) is 13.3 Å². The summed E-state index contributed by atoms with van der Waals surface area (Å²) < 4.78 is 12.1. The first-order valence-corrected chi connectivity index (χ1v) is 6.21. The minimum absolute atomic E-state index is 0.419. The van der Waals surface area contributed by atoms with Crippen molar-refractivity contribution in [3.63, 3.8) is 0 Å². The van der Waals surface area contributed by atoms with Crippen molar-refractivity contribution in [3.8, 4) is 22.8 Å². The van der Waals surface area contributed by atoms with E-state index < -0.39 is 5.76 Å². The number of hydrogen-bond acceptors (Lipinski definition) is 3. The molecule has 0 bridgehead atoms. The summed E-state index contributed by atoms with van der Waals surface area (Å²) in [5.41, 5.74) is 1.52. The Morgan fingerprint density at radius 3 is 2.45 bits per heavy atom. The van der Waals surface area contributed by atoms with E-state index >= 15 is 0 Å². The van der Waals surface area contributed by atoms with Crippen LogP contribution in [-0.2, 0) is 0 Å². The minimum Gasteiger partial charge on any atom is -0.496 e. The van der Waals surface area contributed by atoms with Gasteiger partial charge in [-0.3, -0.25) is 0 Å². The largest absolute Gasteiger partial charge is 0.496 e. The molecule has 3 rings (SSSR count). The highest BCUT2D eigenvalue weighted by Crippen LogP contribution is 2.29. The van der Waals surface area contributed by atoms with Crippen LogP contribution >= 0.6 is 0 Å². The van der Waals surface area contributed by atoms with Crippen LogP contribution in [0.1, 0.15) is 0 Å². The molecule has 0 spiro atoms. The van der Waals surface area contributed by atoms with Gasteiger partial charge in [-0.05, 0) is 24.3 Å². The van der Waals surface area contributed by atoms with Crippen LogP contribution in [0.5, 0.6) is 5.75 Å². The van der Waals surface area contributed by atoms with E-state index in [9.17, 15) is 4.79 Å². The zero-order valence-electron chi connectivity index (χ0n) is 10.9. The second-order valence-corrected chi connectivity index (χ2v) is 4.27. The van der Waals surface area contributed by atoms with Crippen molar-refractivity contribution < 1.29 is 9.15 Å². The Morgan fingerprint density at radius 2 is 1.70 bits per heavy atom. The zero-order chi connectivity index (χ0) is 13.9. The Labute approximate surface area is 115 Å². The van der Waals surface area contributed by atoms with Crippen LogP contribution in [0, 0.1) is 0 Å². The Morgan fingerprint density at radius 1 is 1.00 bits per heavy atom. The molecule has 0 unspecified atom stereocenters. The normalized spacial score (nSPS) is 10.4. The fraction of sp³-hybridized carbons (Fsp3) is 0.0625. The first kappa shape index (κ1) is 12.3. The third-order valence-corrected chi connectivity index (χ3v) is 3.05. The molecule has 0 saturated carbocycles. The summed E-state index contributed by atoms with van der Waals surface area (Å²) in [6.07, 6.45) is 1.68. The van der Waals surface area contributed by atoms with Crippen molar-refractivity contribution in [3.05, 3.63) is 71.3 Å². The number of aromatic nitrogens is 1. The van der Waals surface area contributed by atoms with Gasteiger partial charge in [0.25, 0.3) is 0 Å². The van der Waals surface area contributed by atoms with Crippen LogP contribution in [0.25, 0.3) is 17.0 Å². The fourth-order valence-corrected chi connectivity index (χ4v) is 2.08. The number of para-hydroxylation sites is 2. The molecule has 0 fully saturated rings. The lowest BCUT2D eigenvalue weighted by atomic mass is 10.1. The van der Waals surface area contributed by atoms with Gasteiger partial charge in [-0.2, -0.15) is 0 Å². The maximum atomic E-state index is 12.0. The quantitative estimate of drug-likeness (QED) is 0.732. The molecule has 0 N–H and O–H groups in total. The smallest absolute Gasteiger partial charge is 0.424 e. The number of ether oxygens (including phenoxy) is 1. The number of methoxy groups -OCH3 is 1. The van der Waals surface area contributed by atoms with Crippen LogP contribution in [0.2, 0.25) is 0 Å². The Kier molecular flexibility index (Phi) is 3.13. The third-order valence-electron chi connectivity index (χ3n) is 3.05. The third kappa shape index (κ3) is 2.12. The lowest BCUT2D eigenvalue weighted by Gasteiger charge is -2.04. The molecule has 100 valence electrons. The molecule has 1 aromatic heterocycles. The summed E-state index contributed by atoms with van der Waals surface area (Å²) >= 11 is 0. The van der Waals surface area contributed by atoms with E-state index in [1.807, 2.05) is 54.6 Å². The monoisotopic (exact) mass is 267 g/mol. The van der Waals surface area contributed by atoms with E-state index in [4.69, 9.17) is 9.15 Å². The number of benzene rings is 2. The molecule has 0 aliphatic heterocycles. The van der Waals surface area contributed by atoms with Crippen LogP contribution in [-0.4, -0.2) is 11.7 Å². The Hall–Kier alpha value is -2.75. The standard InChI is InChI=1S/C16H13NO3/c1-19-14-10-6-5-9-13(14)15-11-17(16(18)20-15)12-7-3-2-4-8-12/h2-11H,1H3. The van der Waals surface area contributed by atoms with E-state index in [2.05, 4.69) is 0 Å². The molecule has 0 radical (unpaired) electrons. The van der Waals surface area contributed by atoms with E-state index in [0.29, 0.717) is 11.5 Å². The van der Waals surface area contributed by atoms with Gasteiger partial charge in [0.1, 0.15) is 5.75 Å². The van der Waals surface area contributed by atoms with Gasteiger partial charge in [0.15, 0.2) is 5.76 Å². The Balaban J connectivity index is 2.12. The minimum atomic E-state index is -0.419. The van der Waals surface area contributed by atoms with Gasteiger partial charge >= 0.3 is 5.76 Å². The molecule has 2 aromatic carbocycles. The molecule has 3 aromatic rings. The molecular formula is C16H13NO3. The van der Waals surface area contributed by atoms with Crippen molar-refractivity contribution in [1.29, 1.82) is 0 Å². The lowest BCUT2D eigenvalue weighted by Crippen LogP contribution is -2.10. The number of rotatable bonds is 3. The van der Waals surface area contributed by atoms with E-state index in [-0.39, 0.29) is 0 Å². The highest BCUT2D eigenvalue weighted by atomic mass is 16.5. The van der Waals surface area contributed by atoms with Gasteiger partial charge in [-0.1, -0.05) is 30.3 Å². The van der Waals surface area contributed by atoms with Gasteiger partial charge in [0.2, 0.25) is 0 Å². The van der Waals surface area contributed by atoms with Crippen molar-refractivity contribution in [1.82, 2.24) is 4.57 Å². The van der Waals surface area contributed by atoms with Gasteiger partial charge in [-0.15, -0.1) is 0 Å². The SMILES string of the molecule is COc1ccccc1-c1cn(-c2ccccc2)c(=O)o1. The van der Waals surface area contributed by atoms with Crippen LogP contribution in [0.4, 0.5) is 0 Å². The van der Waals surface area contributed by atoms with Gasteiger partial charge in [0.05, 0.1) is 24.6 Å². The zero-order valence-corrected chi connectivity index (χ0v) is 10.9. The summed E-state index contributed by atoms with van der Waals surface area (Å²) in [6.45, 7) is 0. The molecule has 20 heavy (non-hydrogen) atoms. The summed E-state index contributed by atoms with van der Waals surface area (Å²) in [4.78, 5) is 12.0. The summed E-state index contributed by atoms with van der Waals surface area (Å²) in [6, 6.07) is 16.8. The van der Waals surface area contributed by atoms with Crippen LogP contribution in [0.3, 0.4) is 0 Å². The highest BCUT2D eigenvalue weighted by molar-refractivity contribution is 5.65. The van der Waals surface area contributed by atoms with Gasteiger partial charge < -0.3 is 9.15 Å². The summed E-state index contributed by atoms with van der Waals surface area (Å²) in [5, 5.41) is 0. The molecule has 4 nitrogen and oxygen atoms in total. The first-order valence-electron chi connectivity index (χ1n) is 6.21. The first-order chi connectivity index (χ1) is 9.79. The fourth-order valence-electron chi connectivity index (χ4n) is 2.08. The predicted molar refractivity (Wildman–Crippen MR) is 76.3 cm³/mol. The molecule has 0 aliphatic rings. The summed E-state index contributed by atoms with van der Waals surface area (Å²) in [7, 11) is 1.59. The molecule has 0 atom stereocenters.